The Hall–Kier alpha value is -7.33. The minimum absolute atomic E-state index is 0.00245. The number of aliphatic carboxylic acids is 4. The molecule has 32 heteroatoms. The molecule has 1 fully saturated rings. The van der Waals surface area contributed by atoms with Crippen LogP contribution in [0.15, 0.2) is 53.8 Å². The highest BCUT2D eigenvalue weighted by Gasteiger charge is 2.30. The molecule has 5 rings (SSSR count). The second-order valence-electron chi connectivity index (χ2n) is 19.7. The summed E-state index contributed by atoms with van der Waals surface area (Å²) in [5.74, 6) is -6.40. The van der Waals surface area contributed by atoms with E-state index in [9.17, 15) is 75.4 Å². The number of carbonyl (C=O) groups excluding carboxylic acids is 3. The highest BCUT2D eigenvalue weighted by molar-refractivity contribution is 7.89. The number of sulfonamides is 1. The molecule has 0 aliphatic carbocycles. The fraction of sp³-hybridized carbons (Fsp3) is 0.540. The molecule has 4 aromatic rings. The smallest absolute Gasteiger partial charge is 0.323 e. The fourth-order valence-corrected chi connectivity index (χ4v) is 11.5. The summed E-state index contributed by atoms with van der Waals surface area (Å²) in [5, 5.41) is 54.5. The van der Waals surface area contributed by atoms with Crippen molar-refractivity contribution in [1.29, 1.82) is 0 Å². The van der Waals surface area contributed by atoms with Gasteiger partial charge in [-0.05, 0) is 81.0 Å². The number of hydrogen-bond donors (Lipinski definition) is 11. The Morgan fingerprint density at radius 2 is 1.32 bits per heavy atom. The second-order valence-corrected chi connectivity index (χ2v) is 22.9. The van der Waals surface area contributed by atoms with Crippen LogP contribution < -0.4 is 30.7 Å². The van der Waals surface area contributed by atoms with Crippen LogP contribution in [0.3, 0.4) is 0 Å². The molecule has 3 heterocycles. The van der Waals surface area contributed by atoms with Gasteiger partial charge < -0.3 is 51.4 Å². The first-order valence-electron chi connectivity index (χ1n) is 26.4. The van der Waals surface area contributed by atoms with Crippen LogP contribution in [-0.4, -0.2) is 245 Å². The Morgan fingerprint density at radius 3 is 1.85 bits per heavy atom. The first-order valence-corrected chi connectivity index (χ1v) is 29.5. The molecule has 0 bridgehead atoms. The van der Waals surface area contributed by atoms with Gasteiger partial charge in [0.2, 0.25) is 21.8 Å². The summed E-state index contributed by atoms with van der Waals surface area (Å²) >= 11 is 0. The zero-order chi connectivity index (χ0) is 60.0. The molecule has 0 unspecified atom stereocenters. The molecule has 82 heavy (non-hydrogen) atoms. The van der Waals surface area contributed by atoms with Gasteiger partial charge in [0, 0.05) is 114 Å². The van der Waals surface area contributed by atoms with Crippen LogP contribution in [0, 0.1) is 13.8 Å². The standard InChI is InChI=1S/C50H73N13O17S2/c1-34-24-39(25-35(2)47(34)82(78,79)58-40(49(73)74)28-55-48(72)36-8-9-41-37(26-36)27-56-63(41)14-5-11-52-50-53-12-13-54-50)80-23-4-7-42(64)51-10-3-6-38(33-81(75,76)77)57-43(65)29-59-15-17-60(30-44(66)67)19-21-62(32-46(70)71)22-20-61(18-16-59)31-45(68)69/h8-9,12-13,24-27,38,40,58H,3-7,10-11,14-23,28-33H2,1-2H3,(H,51,64)(H,55,72)(H,57,65)(H,66,67)(H,68,69)(H,70,71)(H,73,74)(H2,52,53,54)(H,75,76,77)/t38-,40+/m1/s1. The number of carboxylic acid groups (broad SMARTS) is 4. The van der Waals surface area contributed by atoms with E-state index in [0.29, 0.717) is 24.4 Å². The van der Waals surface area contributed by atoms with Gasteiger partial charge in [0.1, 0.15) is 11.8 Å². The van der Waals surface area contributed by atoms with Crippen molar-refractivity contribution in [3.05, 3.63) is 65.6 Å². The van der Waals surface area contributed by atoms with Crippen molar-refractivity contribution in [2.45, 2.75) is 69.5 Å². The molecule has 2 atom stereocenters. The summed E-state index contributed by atoms with van der Waals surface area (Å²) < 4.78 is 70.7. The van der Waals surface area contributed by atoms with Gasteiger partial charge in [-0.25, -0.2) is 13.4 Å². The molecular formula is C50H73N13O17S2. The van der Waals surface area contributed by atoms with Gasteiger partial charge >= 0.3 is 23.9 Å². The van der Waals surface area contributed by atoms with Gasteiger partial charge in [-0.15, -0.1) is 0 Å². The molecule has 1 aliphatic heterocycles. The van der Waals surface area contributed by atoms with Crippen LogP contribution >= 0.6 is 0 Å². The van der Waals surface area contributed by atoms with Gasteiger partial charge in [-0.1, -0.05) is 0 Å². The first-order chi connectivity index (χ1) is 38.8. The van der Waals surface area contributed by atoms with E-state index in [1.54, 1.807) is 61.1 Å². The number of aryl methyl sites for hydroxylation is 3. The number of rotatable bonds is 32. The van der Waals surface area contributed by atoms with Gasteiger partial charge in [0.05, 0.1) is 55.1 Å². The summed E-state index contributed by atoms with van der Waals surface area (Å²) in [5.41, 5.74) is 1.46. The number of nitrogens with one attached hydrogen (secondary N) is 6. The van der Waals surface area contributed by atoms with Gasteiger partial charge in [-0.2, -0.15) is 18.2 Å². The number of anilines is 1. The average molecular weight is 1190 g/mol. The Balaban J connectivity index is 1.06. The number of imidazole rings is 1. The van der Waals surface area contributed by atoms with Gasteiger partial charge in [0.15, 0.2) is 5.95 Å². The van der Waals surface area contributed by atoms with E-state index in [-0.39, 0.29) is 151 Å². The first kappa shape index (κ1) is 65.5. The summed E-state index contributed by atoms with van der Waals surface area (Å²) in [4.78, 5) is 99.6. The monoisotopic (exact) mass is 1190 g/mol. The summed E-state index contributed by atoms with van der Waals surface area (Å²) in [6, 6.07) is 4.97. The SMILES string of the molecule is Cc1cc(OCCCC(=O)NCCC[C@H](CS(=O)(=O)O)NC(=O)CN2CCN(CC(=O)O)CCN(CC(=O)O)CCN(CC(=O)O)CC2)cc(C)c1S(=O)(=O)N[C@@H](CNC(=O)c1ccc2c(cnn2CCCNc2ncc[nH]2)c1)C(=O)O. The van der Waals surface area contributed by atoms with Gasteiger partial charge in [-0.3, -0.25) is 62.4 Å². The molecule has 2 aromatic heterocycles. The lowest BCUT2D eigenvalue weighted by Crippen LogP contribution is -2.51. The van der Waals surface area contributed by atoms with Crippen LogP contribution in [0.25, 0.3) is 10.9 Å². The van der Waals surface area contributed by atoms with Crippen LogP contribution in [0.2, 0.25) is 0 Å². The topological polar surface area (TPSA) is 418 Å². The van der Waals surface area contributed by atoms with E-state index < -0.39 is 80.2 Å². The van der Waals surface area contributed by atoms with Crippen molar-refractivity contribution in [2.75, 3.05) is 116 Å². The van der Waals surface area contributed by atoms with E-state index >= 15 is 0 Å². The van der Waals surface area contributed by atoms with Crippen molar-refractivity contribution in [3.8, 4) is 5.75 Å². The third kappa shape index (κ3) is 22.9. The number of benzene rings is 2. The molecule has 0 saturated carbocycles. The zero-order valence-electron chi connectivity index (χ0n) is 45.6. The molecule has 3 amide bonds. The van der Waals surface area contributed by atoms with E-state index in [4.69, 9.17) is 4.74 Å². The van der Waals surface area contributed by atoms with Crippen molar-refractivity contribution >= 4 is 78.6 Å². The third-order valence-corrected chi connectivity index (χ3v) is 15.6. The Morgan fingerprint density at radius 1 is 0.732 bits per heavy atom. The number of ether oxygens (including phenoxy) is 1. The predicted octanol–water partition coefficient (Wildman–Crippen LogP) is -1.06. The maximum Gasteiger partial charge on any atom is 0.323 e. The minimum atomic E-state index is -4.58. The fourth-order valence-electron chi connectivity index (χ4n) is 9.14. The van der Waals surface area contributed by atoms with E-state index in [1.165, 1.54) is 26.0 Å². The molecule has 452 valence electrons. The molecule has 1 aliphatic rings. The number of hydrogen-bond acceptors (Lipinski definition) is 19. The highest BCUT2D eigenvalue weighted by atomic mass is 32.2. The Bertz CT molecular complexity index is 3000. The number of amides is 3. The normalized spacial score (nSPS) is 15.4. The lowest BCUT2D eigenvalue weighted by Gasteiger charge is -2.33. The van der Waals surface area contributed by atoms with Crippen LogP contribution in [-0.2, 0) is 55.5 Å². The van der Waals surface area contributed by atoms with Crippen molar-refractivity contribution in [3.63, 3.8) is 0 Å². The quantitative estimate of drug-likeness (QED) is 0.0205. The number of carbonyl (C=O) groups is 7. The van der Waals surface area contributed by atoms with Crippen molar-refractivity contribution in [2.24, 2.45) is 0 Å². The minimum Gasteiger partial charge on any atom is -0.494 e. The number of aromatic nitrogens is 4. The predicted molar refractivity (Wildman–Crippen MR) is 295 cm³/mol. The van der Waals surface area contributed by atoms with Crippen LogP contribution in [0.5, 0.6) is 5.75 Å². The molecular weight excluding hydrogens is 1120 g/mol. The highest BCUT2D eigenvalue weighted by Crippen LogP contribution is 2.26. The maximum atomic E-state index is 13.6. The van der Waals surface area contributed by atoms with Crippen molar-refractivity contribution < 1.29 is 80.1 Å². The largest absolute Gasteiger partial charge is 0.494 e. The lowest BCUT2D eigenvalue weighted by atomic mass is 10.1. The summed E-state index contributed by atoms with van der Waals surface area (Å²) in [6.45, 7) is 3.65. The maximum absolute atomic E-state index is 13.6. The summed E-state index contributed by atoms with van der Waals surface area (Å²) in [7, 11) is -9.04. The van der Waals surface area contributed by atoms with E-state index in [1.807, 2.05) is 0 Å². The number of H-pyrrole nitrogens is 1. The van der Waals surface area contributed by atoms with Crippen molar-refractivity contribution in [1.82, 2.24) is 60.0 Å². The molecule has 2 aromatic carbocycles. The molecule has 1 saturated heterocycles. The van der Waals surface area contributed by atoms with Crippen LogP contribution in [0.4, 0.5) is 5.95 Å². The average Bonchev–Trinajstić information content (AvgIpc) is 4.22. The number of fused-ring (bicyclic) bond motifs is 1. The number of carboxylic acids is 4. The number of nitrogens with zero attached hydrogens (tertiary/aromatic N) is 7. The van der Waals surface area contributed by atoms with Gasteiger partial charge in [0.25, 0.3) is 16.0 Å². The van der Waals surface area contributed by atoms with E-state index in [0.717, 1.165) is 11.9 Å². The zero-order valence-corrected chi connectivity index (χ0v) is 47.3. The number of aromatic amines is 1. The Labute approximate surface area is 473 Å². The molecule has 0 spiro atoms. The van der Waals surface area contributed by atoms with Crippen LogP contribution in [0.1, 0.15) is 53.6 Å². The molecule has 0 radical (unpaired) electrons. The second kappa shape index (κ2) is 31.8. The third-order valence-electron chi connectivity index (χ3n) is 13.0. The molecule has 30 nitrogen and oxygen atoms in total. The summed E-state index contributed by atoms with van der Waals surface area (Å²) in [6.07, 6.45) is 6.13. The van der Waals surface area contributed by atoms with E-state index in [2.05, 4.69) is 41.1 Å². The molecule has 11 N–H and O–H groups in total. The Kier molecular flexibility index (Phi) is 25.4. The lowest BCUT2D eigenvalue weighted by molar-refractivity contribution is -0.140.